The highest BCUT2D eigenvalue weighted by Crippen LogP contribution is 2.36. The van der Waals surface area contributed by atoms with Crippen LogP contribution in [0.25, 0.3) is 0 Å². The summed E-state index contributed by atoms with van der Waals surface area (Å²) in [5, 5.41) is 2.73. The third-order valence-corrected chi connectivity index (χ3v) is 2.30. The van der Waals surface area contributed by atoms with Gasteiger partial charge in [0.25, 0.3) is 5.91 Å². The minimum atomic E-state index is -0.151. The molecule has 1 aromatic rings. The first kappa shape index (κ1) is 14.2. The number of carbonyl (C=O) groups excluding carboxylic acids is 1. The Hall–Kier alpha value is -1.91. The number of ether oxygens (including phenoxy) is 3. The average molecular weight is 253 g/mol. The van der Waals surface area contributed by atoms with Crippen LogP contribution in [-0.4, -0.2) is 33.3 Å². The van der Waals surface area contributed by atoms with Crippen molar-refractivity contribution in [1.82, 2.24) is 5.32 Å². The van der Waals surface area contributed by atoms with Gasteiger partial charge in [-0.1, -0.05) is 13.0 Å². The van der Waals surface area contributed by atoms with Crippen molar-refractivity contribution in [1.29, 1.82) is 0 Å². The highest BCUT2D eigenvalue weighted by atomic mass is 16.5. The first-order valence-corrected chi connectivity index (χ1v) is 5.83. The number of amides is 1. The molecule has 18 heavy (non-hydrogen) atoms. The number of hydrogen-bond acceptors (Lipinski definition) is 4. The molecule has 1 rings (SSSR count). The molecule has 0 aliphatic rings. The average Bonchev–Trinajstić information content (AvgIpc) is 2.41. The molecule has 5 heteroatoms. The Morgan fingerprint density at radius 3 is 2.56 bits per heavy atom. The molecule has 0 saturated heterocycles. The fourth-order valence-corrected chi connectivity index (χ4v) is 1.43. The maximum absolute atomic E-state index is 11.4. The van der Waals surface area contributed by atoms with E-state index in [0.717, 1.165) is 6.42 Å². The van der Waals surface area contributed by atoms with Gasteiger partial charge in [0.1, 0.15) is 0 Å². The maximum atomic E-state index is 11.4. The van der Waals surface area contributed by atoms with Crippen LogP contribution >= 0.6 is 0 Å². The molecule has 0 fully saturated rings. The van der Waals surface area contributed by atoms with Crippen LogP contribution in [0.2, 0.25) is 0 Å². The molecule has 100 valence electrons. The van der Waals surface area contributed by atoms with E-state index < -0.39 is 0 Å². The number of rotatable bonds is 7. The predicted octanol–water partition coefficient (Wildman–Crippen LogP) is 1.61. The summed E-state index contributed by atoms with van der Waals surface area (Å²) in [5.41, 5.74) is 0. The Labute approximate surface area is 107 Å². The first-order chi connectivity index (χ1) is 8.72. The summed E-state index contributed by atoms with van der Waals surface area (Å²) in [5.74, 6) is 1.40. The monoisotopic (exact) mass is 253 g/mol. The second-order valence-electron chi connectivity index (χ2n) is 3.63. The molecule has 0 heterocycles. The molecule has 1 N–H and O–H groups in total. The van der Waals surface area contributed by atoms with Crippen molar-refractivity contribution in [2.75, 3.05) is 27.4 Å². The summed E-state index contributed by atoms with van der Waals surface area (Å²) < 4.78 is 15.8. The topological polar surface area (TPSA) is 56.8 Å². The van der Waals surface area contributed by atoms with Crippen LogP contribution in [0.3, 0.4) is 0 Å². The van der Waals surface area contributed by atoms with Crippen LogP contribution < -0.4 is 19.5 Å². The lowest BCUT2D eigenvalue weighted by molar-refractivity contribution is -0.123. The van der Waals surface area contributed by atoms with Crippen LogP contribution in [0.5, 0.6) is 17.2 Å². The Morgan fingerprint density at radius 2 is 1.94 bits per heavy atom. The van der Waals surface area contributed by atoms with Gasteiger partial charge in [-0.3, -0.25) is 4.79 Å². The van der Waals surface area contributed by atoms with E-state index in [2.05, 4.69) is 5.32 Å². The van der Waals surface area contributed by atoms with Gasteiger partial charge in [-0.05, 0) is 18.6 Å². The van der Waals surface area contributed by atoms with Gasteiger partial charge >= 0.3 is 0 Å². The normalized spacial score (nSPS) is 9.72. The smallest absolute Gasteiger partial charge is 0.257 e. The molecule has 0 radical (unpaired) electrons. The van der Waals surface area contributed by atoms with Gasteiger partial charge in [0.15, 0.2) is 18.1 Å². The fraction of sp³-hybridized carbons (Fsp3) is 0.462. The molecule has 0 unspecified atom stereocenters. The molecule has 0 spiro atoms. The summed E-state index contributed by atoms with van der Waals surface area (Å²) >= 11 is 0. The van der Waals surface area contributed by atoms with Gasteiger partial charge in [0, 0.05) is 6.54 Å². The Bertz CT molecular complexity index is 393. The van der Waals surface area contributed by atoms with Crippen molar-refractivity contribution in [3.8, 4) is 17.2 Å². The number of carbonyl (C=O) groups is 1. The Kier molecular flexibility index (Phi) is 5.84. The van der Waals surface area contributed by atoms with E-state index in [1.807, 2.05) is 6.92 Å². The molecule has 0 aromatic heterocycles. The number of methoxy groups -OCH3 is 2. The van der Waals surface area contributed by atoms with Gasteiger partial charge in [-0.25, -0.2) is 0 Å². The Morgan fingerprint density at radius 1 is 1.22 bits per heavy atom. The minimum absolute atomic E-state index is 0.0382. The third kappa shape index (κ3) is 3.84. The number of hydrogen-bond donors (Lipinski definition) is 1. The summed E-state index contributed by atoms with van der Waals surface area (Å²) in [7, 11) is 3.08. The van der Waals surface area contributed by atoms with Gasteiger partial charge < -0.3 is 19.5 Å². The van der Waals surface area contributed by atoms with Gasteiger partial charge in [0.05, 0.1) is 14.2 Å². The predicted molar refractivity (Wildman–Crippen MR) is 68.3 cm³/mol. The lowest BCUT2D eigenvalue weighted by Gasteiger charge is -2.13. The quantitative estimate of drug-likeness (QED) is 0.802. The summed E-state index contributed by atoms with van der Waals surface area (Å²) in [4.78, 5) is 11.4. The fourth-order valence-electron chi connectivity index (χ4n) is 1.43. The maximum Gasteiger partial charge on any atom is 0.257 e. The highest BCUT2D eigenvalue weighted by molar-refractivity contribution is 5.77. The van der Waals surface area contributed by atoms with Crippen molar-refractivity contribution in [2.24, 2.45) is 0 Å². The van der Waals surface area contributed by atoms with E-state index in [9.17, 15) is 4.79 Å². The molecule has 1 amide bonds. The van der Waals surface area contributed by atoms with Crippen molar-refractivity contribution in [2.45, 2.75) is 13.3 Å². The van der Waals surface area contributed by atoms with Crippen molar-refractivity contribution in [3.05, 3.63) is 18.2 Å². The lowest BCUT2D eigenvalue weighted by Crippen LogP contribution is -2.29. The van der Waals surface area contributed by atoms with Crippen molar-refractivity contribution < 1.29 is 19.0 Å². The number of benzene rings is 1. The number of para-hydroxylation sites is 1. The summed E-state index contributed by atoms with van der Waals surface area (Å²) in [6.45, 7) is 2.60. The van der Waals surface area contributed by atoms with Gasteiger partial charge in [0.2, 0.25) is 5.75 Å². The lowest BCUT2D eigenvalue weighted by atomic mass is 10.3. The summed E-state index contributed by atoms with van der Waals surface area (Å²) in [6.07, 6.45) is 0.897. The largest absolute Gasteiger partial charge is 0.493 e. The molecular weight excluding hydrogens is 234 g/mol. The van der Waals surface area contributed by atoms with Crippen LogP contribution in [0, 0.1) is 0 Å². The van der Waals surface area contributed by atoms with Crippen LogP contribution in [-0.2, 0) is 4.79 Å². The Balaban J connectivity index is 2.64. The molecule has 0 aliphatic carbocycles. The van der Waals surface area contributed by atoms with E-state index in [1.54, 1.807) is 25.3 Å². The minimum Gasteiger partial charge on any atom is -0.493 e. The van der Waals surface area contributed by atoms with E-state index >= 15 is 0 Å². The standard InChI is InChI=1S/C13H19NO4/c1-4-8-14-12(15)9-18-11-7-5-6-10(16-2)13(11)17-3/h5-7H,4,8-9H2,1-3H3,(H,14,15). The van der Waals surface area contributed by atoms with E-state index in [0.29, 0.717) is 23.8 Å². The zero-order valence-electron chi connectivity index (χ0n) is 11.0. The van der Waals surface area contributed by atoms with Gasteiger partial charge in [-0.2, -0.15) is 0 Å². The molecule has 1 aromatic carbocycles. The second kappa shape index (κ2) is 7.42. The van der Waals surface area contributed by atoms with Crippen LogP contribution in [0.4, 0.5) is 0 Å². The van der Waals surface area contributed by atoms with E-state index in [4.69, 9.17) is 14.2 Å². The van der Waals surface area contributed by atoms with Crippen molar-refractivity contribution >= 4 is 5.91 Å². The first-order valence-electron chi connectivity index (χ1n) is 5.83. The molecule has 0 atom stereocenters. The number of nitrogens with one attached hydrogen (secondary N) is 1. The zero-order chi connectivity index (χ0) is 13.4. The zero-order valence-corrected chi connectivity index (χ0v) is 11.0. The highest BCUT2D eigenvalue weighted by Gasteiger charge is 2.11. The third-order valence-electron chi connectivity index (χ3n) is 2.30. The SMILES string of the molecule is CCCNC(=O)COc1cccc(OC)c1OC. The molecule has 0 aliphatic heterocycles. The van der Waals surface area contributed by atoms with Crippen molar-refractivity contribution in [3.63, 3.8) is 0 Å². The second-order valence-corrected chi connectivity index (χ2v) is 3.63. The van der Waals surface area contributed by atoms with Gasteiger partial charge in [-0.15, -0.1) is 0 Å². The van der Waals surface area contributed by atoms with Crippen LogP contribution in [0.1, 0.15) is 13.3 Å². The molecular formula is C13H19NO4. The molecule has 0 bridgehead atoms. The van der Waals surface area contributed by atoms with E-state index in [1.165, 1.54) is 7.11 Å². The van der Waals surface area contributed by atoms with Crippen LogP contribution in [0.15, 0.2) is 18.2 Å². The summed E-state index contributed by atoms with van der Waals surface area (Å²) in [6, 6.07) is 5.28. The van der Waals surface area contributed by atoms with E-state index in [-0.39, 0.29) is 12.5 Å². The molecule has 0 saturated carbocycles. The molecule has 5 nitrogen and oxygen atoms in total.